The van der Waals surface area contributed by atoms with Crippen LogP contribution in [0.3, 0.4) is 0 Å². The molecule has 78 valence electrons. The van der Waals surface area contributed by atoms with Gasteiger partial charge in [0.25, 0.3) is 0 Å². The first-order valence-corrected chi connectivity index (χ1v) is 6.36. The van der Waals surface area contributed by atoms with E-state index in [1.54, 1.807) is 0 Å². The van der Waals surface area contributed by atoms with Crippen LogP contribution in [0, 0.1) is 0 Å². The van der Waals surface area contributed by atoms with Gasteiger partial charge >= 0.3 is 0 Å². The molecule has 1 unspecified atom stereocenters. The van der Waals surface area contributed by atoms with Gasteiger partial charge in [-0.15, -0.1) is 0 Å². The Labute approximate surface area is 88.3 Å². The van der Waals surface area contributed by atoms with E-state index in [2.05, 4.69) is 24.5 Å². The van der Waals surface area contributed by atoms with Gasteiger partial charge in [-0.25, -0.2) is 0 Å². The van der Waals surface area contributed by atoms with Crippen molar-refractivity contribution in [2.24, 2.45) is 0 Å². The van der Waals surface area contributed by atoms with E-state index in [0.29, 0.717) is 0 Å². The van der Waals surface area contributed by atoms with E-state index in [1.165, 1.54) is 51.6 Å². The second kappa shape index (κ2) is 6.72. The van der Waals surface area contributed by atoms with Crippen LogP contribution in [-0.2, 0) is 0 Å². The predicted molar refractivity (Wildman–Crippen MR) is 62.6 cm³/mol. The molecule has 1 aliphatic rings. The van der Waals surface area contributed by atoms with E-state index in [1.807, 2.05) is 0 Å². The van der Waals surface area contributed by atoms with E-state index >= 15 is 0 Å². The van der Waals surface area contributed by atoms with Gasteiger partial charge in [-0.2, -0.15) is 12.6 Å². The van der Waals surface area contributed by atoms with Crippen molar-refractivity contribution in [3.05, 3.63) is 0 Å². The van der Waals surface area contributed by atoms with Crippen LogP contribution in [0.1, 0.15) is 45.4 Å². The second-order valence-corrected chi connectivity index (χ2v) is 4.47. The first-order valence-electron chi connectivity index (χ1n) is 5.73. The summed E-state index contributed by atoms with van der Waals surface area (Å²) in [4.78, 5) is 2.68. The van der Waals surface area contributed by atoms with Gasteiger partial charge in [0.1, 0.15) is 0 Å². The standard InChI is InChI=1S/C11H23NS/c1-2-11-7-6-9-12(11)8-4-3-5-10-13/h11,13H,2-10H2,1H3. The van der Waals surface area contributed by atoms with Crippen molar-refractivity contribution in [2.75, 3.05) is 18.8 Å². The molecule has 1 nitrogen and oxygen atoms in total. The normalized spacial score (nSPS) is 24.0. The summed E-state index contributed by atoms with van der Waals surface area (Å²) in [6.07, 6.45) is 8.21. The molecule has 13 heavy (non-hydrogen) atoms. The summed E-state index contributed by atoms with van der Waals surface area (Å²) in [6.45, 7) is 4.99. The Balaban J connectivity index is 2.06. The van der Waals surface area contributed by atoms with Gasteiger partial charge in [-0.05, 0) is 50.9 Å². The number of hydrogen-bond acceptors (Lipinski definition) is 2. The molecule has 0 amide bonds. The van der Waals surface area contributed by atoms with Gasteiger partial charge in [0, 0.05) is 6.04 Å². The Morgan fingerprint density at radius 3 is 2.85 bits per heavy atom. The lowest BCUT2D eigenvalue weighted by Gasteiger charge is -2.22. The van der Waals surface area contributed by atoms with Crippen LogP contribution < -0.4 is 0 Å². The minimum Gasteiger partial charge on any atom is -0.300 e. The second-order valence-electron chi connectivity index (χ2n) is 4.02. The minimum atomic E-state index is 0.899. The van der Waals surface area contributed by atoms with Gasteiger partial charge in [0.05, 0.1) is 0 Å². The van der Waals surface area contributed by atoms with Crippen LogP contribution in [0.2, 0.25) is 0 Å². The number of unbranched alkanes of at least 4 members (excludes halogenated alkanes) is 2. The monoisotopic (exact) mass is 201 g/mol. The zero-order chi connectivity index (χ0) is 9.52. The Hall–Kier alpha value is 0.310. The molecule has 0 spiro atoms. The van der Waals surface area contributed by atoms with Gasteiger partial charge in [-0.1, -0.05) is 13.3 Å². The lowest BCUT2D eigenvalue weighted by atomic mass is 10.1. The first kappa shape index (κ1) is 11.4. The van der Waals surface area contributed by atoms with Crippen LogP contribution in [0.15, 0.2) is 0 Å². The molecule has 1 rings (SSSR count). The fraction of sp³-hybridized carbons (Fsp3) is 1.00. The third kappa shape index (κ3) is 3.90. The minimum absolute atomic E-state index is 0.899. The third-order valence-corrected chi connectivity index (χ3v) is 3.39. The Morgan fingerprint density at radius 1 is 1.31 bits per heavy atom. The van der Waals surface area contributed by atoms with Gasteiger partial charge in [-0.3, -0.25) is 0 Å². The highest BCUT2D eigenvalue weighted by Gasteiger charge is 2.21. The molecule has 0 aliphatic carbocycles. The van der Waals surface area contributed by atoms with Gasteiger partial charge in [0.15, 0.2) is 0 Å². The van der Waals surface area contributed by atoms with Crippen molar-refractivity contribution in [3.63, 3.8) is 0 Å². The molecular weight excluding hydrogens is 178 g/mol. The average molecular weight is 201 g/mol. The molecule has 1 heterocycles. The number of nitrogens with zero attached hydrogens (tertiary/aromatic N) is 1. The molecule has 2 heteroatoms. The summed E-state index contributed by atoms with van der Waals surface area (Å²) < 4.78 is 0. The summed E-state index contributed by atoms with van der Waals surface area (Å²) in [7, 11) is 0. The number of likely N-dealkylation sites (tertiary alicyclic amines) is 1. The molecule has 1 aliphatic heterocycles. The maximum atomic E-state index is 4.23. The third-order valence-electron chi connectivity index (χ3n) is 3.07. The lowest BCUT2D eigenvalue weighted by Crippen LogP contribution is -2.29. The zero-order valence-electron chi connectivity index (χ0n) is 8.84. The molecule has 0 N–H and O–H groups in total. The van der Waals surface area contributed by atoms with Crippen molar-refractivity contribution >= 4 is 12.6 Å². The molecule has 0 saturated carbocycles. The van der Waals surface area contributed by atoms with Crippen molar-refractivity contribution < 1.29 is 0 Å². The molecule has 1 saturated heterocycles. The van der Waals surface area contributed by atoms with Crippen LogP contribution in [-0.4, -0.2) is 29.8 Å². The van der Waals surface area contributed by atoms with Gasteiger partial charge in [0.2, 0.25) is 0 Å². The van der Waals surface area contributed by atoms with Crippen molar-refractivity contribution in [1.82, 2.24) is 4.90 Å². The fourth-order valence-electron chi connectivity index (χ4n) is 2.26. The van der Waals surface area contributed by atoms with Crippen LogP contribution in [0.25, 0.3) is 0 Å². The van der Waals surface area contributed by atoms with E-state index in [-0.39, 0.29) is 0 Å². The Kier molecular flexibility index (Phi) is 5.88. The van der Waals surface area contributed by atoms with E-state index in [0.717, 1.165) is 11.8 Å². The highest BCUT2D eigenvalue weighted by molar-refractivity contribution is 7.80. The van der Waals surface area contributed by atoms with Crippen LogP contribution in [0.4, 0.5) is 0 Å². The topological polar surface area (TPSA) is 3.24 Å². The van der Waals surface area contributed by atoms with Gasteiger partial charge < -0.3 is 4.90 Å². The number of thiol groups is 1. The first-order chi connectivity index (χ1) is 6.38. The fourth-order valence-corrected chi connectivity index (χ4v) is 2.48. The molecular formula is C11H23NS. The van der Waals surface area contributed by atoms with E-state index in [4.69, 9.17) is 0 Å². The molecule has 0 aromatic carbocycles. The Bertz CT molecular complexity index is 127. The predicted octanol–water partition coefficient (Wildman–Crippen LogP) is 2.96. The number of rotatable bonds is 6. The van der Waals surface area contributed by atoms with Crippen molar-refractivity contribution in [1.29, 1.82) is 0 Å². The highest BCUT2D eigenvalue weighted by atomic mass is 32.1. The molecule has 0 aromatic rings. The maximum Gasteiger partial charge on any atom is 0.00931 e. The average Bonchev–Trinajstić information content (AvgIpc) is 2.60. The SMILES string of the molecule is CCC1CCCN1CCCCCS. The van der Waals surface area contributed by atoms with E-state index in [9.17, 15) is 0 Å². The lowest BCUT2D eigenvalue weighted by molar-refractivity contribution is 0.243. The number of hydrogen-bond donors (Lipinski definition) is 1. The van der Waals surface area contributed by atoms with Crippen molar-refractivity contribution in [2.45, 2.75) is 51.5 Å². The maximum absolute atomic E-state index is 4.23. The molecule has 0 radical (unpaired) electrons. The zero-order valence-corrected chi connectivity index (χ0v) is 9.73. The molecule has 0 bridgehead atoms. The Morgan fingerprint density at radius 2 is 2.15 bits per heavy atom. The smallest absolute Gasteiger partial charge is 0.00931 e. The summed E-state index contributed by atoms with van der Waals surface area (Å²) in [5.74, 6) is 1.05. The largest absolute Gasteiger partial charge is 0.300 e. The summed E-state index contributed by atoms with van der Waals surface area (Å²) in [5, 5.41) is 0. The van der Waals surface area contributed by atoms with Crippen LogP contribution >= 0.6 is 12.6 Å². The quantitative estimate of drug-likeness (QED) is 0.511. The van der Waals surface area contributed by atoms with Crippen molar-refractivity contribution in [3.8, 4) is 0 Å². The molecule has 0 aromatic heterocycles. The summed E-state index contributed by atoms with van der Waals surface area (Å²) >= 11 is 4.23. The van der Waals surface area contributed by atoms with E-state index < -0.39 is 0 Å². The summed E-state index contributed by atoms with van der Waals surface area (Å²) in [6, 6.07) is 0.899. The van der Waals surface area contributed by atoms with Crippen LogP contribution in [0.5, 0.6) is 0 Å². The molecule has 1 fully saturated rings. The molecule has 1 atom stereocenters. The highest BCUT2D eigenvalue weighted by Crippen LogP contribution is 2.20. The summed E-state index contributed by atoms with van der Waals surface area (Å²) in [5.41, 5.74) is 0.